The molecule has 4 heteroatoms. The lowest BCUT2D eigenvalue weighted by Gasteiger charge is -2.12. The zero-order chi connectivity index (χ0) is 11.4. The van der Waals surface area contributed by atoms with Crippen molar-refractivity contribution >= 4 is 15.9 Å². The number of hydrogen-bond acceptors (Lipinski definition) is 3. The monoisotopic (exact) mass is 286 g/mol. The molecule has 0 aliphatic carbocycles. The molecule has 1 fully saturated rings. The van der Waals surface area contributed by atoms with Gasteiger partial charge in [0.2, 0.25) is 0 Å². The fraction of sp³-hybridized carbons (Fsp3) is 0.500. The first-order chi connectivity index (χ1) is 7.79. The van der Waals surface area contributed by atoms with Crippen molar-refractivity contribution in [2.75, 3.05) is 19.8 Å². The summed E-state index contributed by atoms with van der Waals surface area (Å²) in [6, 6.07) is 5.62. The van der Waals surface area contributed by atoms with Gasteiger partial charge in [0.1, 0.15) is 5.75 Å². The van der Waals surface area contributed by atoms with Crippen LogP contribution in [0.15, 0.2) is 22.7 Å². The number of rotatable bonds is 4. The summed E-state index contributed by atoms with van der Waals surface area (Å²) in [5, 5.41) is 8.98. The lowest BCUT2D eigenvalue weighted by Crippen LogP contribution is -2.11. The smallest absolute Gasteiger partial charge is 0.133 e. The van der Waals surface area contributed by atoms with Crippen LogP contribution in [0.25, 0.3) is 0 Å². The average molecular weight is 287 g/mol. The summed E-state index contributed by atoms with van der Waals surface area (Å²) < 4.78 is 11.9. The number of aliphatic hydroxyl groups excluding tert-OH is 1. The Hall–Kier alpha value is -0.580. The van der Waals surface area contributed by atoms with Crippen molar-refractivity contribution in [3.63, 3.8) is 0 Å². The highest BCUT2D eigenvalue weighted by Crippen LogP contribution is 2.27. The van der Waals surface area contributed by atoms with Crippen molar-refractivity contribution in [1.29, 1.82) is 0 Å². The highest BCUT2D eigenvalue weighted by molar-refractivity contribution is 9.10. The fourth-order valence-corrected chi connectivity index (χ4v) is 2.22. The summed E-state index contributed by atoms with van der Waals surface area (Å²) in [5.41, 5.74) is 0.878. The molecular formula is C12H15BrO3. The molecule has 3 nitrogen and oxygen atoms in total. The van der Waals surface area contributed by atoms with Gasteiger partial charge in [0.15, 0.2) is 0 Å². The highest BCUT2D eigenvalue weighted by Gasteiger charge is 2.16. The van der Waals surface area contributed by atoms with E-state index in [0.29, 0.717) is 12.5 Å². The summed E-state index contributed by atoms with van der Waals surface area (Å²) in [4.78, 5) is 0. The second kappa shape index (κ2) is 5.66. The van der Waals surface area contributed by atoms with Crippen LogP contribution >= 0.6 is 15.9 Å². The maximum absolute atomic E-state index is 8.98. The molecule has 0 amide bonds. The largest absolute Gasteiger partial charge is 0.492 e. The minimum atomic E-state index is 0.0509. The van der Waals surface area contributed by atoms with Crippen LogP contribution in [-0.4, -0.2) is 24.9 Å². The van der Waals surface area contributed by atoms with Gasteiger partial charge in [0.25, 0.3) is 0 Å². The molecule has 0 saturated carbocycles. The lowest BCUT2D eigenvalue weighted by atomic mass is 10.1. The molecule has 1 aliphatic rings. The Morgan fingerprint density at radius 1 is 1.50 bits per heavy atom. The number of halogens is 1. The Morgan fingerprint density at radius 2 is 2.38 bits per heavy atom. The van der Waals surface area contributed by atoms with Gasteiger partial charge in [0, 0.05) is 12.5 Å². The second-order valence-corrected chi connectivity index (χ2v) is 4.82. The molecule has 1 atom stereocenters. The van der Waals surface area contributed by atoms with E-state index in [1.807, 2.05) is 18.2 Å². The molecule has 1 saturated heterocycles. The van der Waals surface area contributed by atoms with E-state index in [0.717, 1.165) is 35.4 Å². The van der Waals surface area contributed by atoms with Crippen molar-refractivity contribution < 1.29 is 14.6 Å². The summed E-state index contributed by atoms with van der Waals surface area (Å²) in [5.74, 6) is 1.33. The van der Waals surface area contributed by atoms with Crippen molar-refractivity contribution in [2.45, 2.75) is 13.0 Å². The van der Waals surface area contributed by atoms with Crippen LogP contribution in [0.2, 0.25) is 0 Å². The van der Waals surface area contributed by atoms with E-state index in [9.17, 15) is 0 Å². The van der Waals surface area contributed by atoms with Crippen molar-refractivity contribution in [1.82, 2.24) is 0 Å². The SMILES string of the molecule is OCc1ccc(OCC2CCOC2)c(Br)c1. The minimum Gasteiger partial charge on any atom is -0.492 e. The molecule has 0 bridgehead atoms. The van der Waals surface area contributed by atoms with Crippen LogP contribution in [0, 0.1) is 5.92 Å². The molecular weight excluding hydrogens is 272 g/mol. The van der Waals surface area contributed by atoms with Gasteiger partial charge in [-0.2, -0.15) is 0 Å². The maximum atomic E-state index is 8.98. The highest BCUT2D eigenvalue weighted by atomic mass is 79.9. The van der Waals surface area contributed by atoms with Gasteiger partial charge in [-0.3, -0.25) is 0 Å². The topological polar surface area (TPSA) is 38.7 Å². The lowest BCUT2D eigenvalue weighted by molar-refractivity contribution is 0.167. The standard InChI is InChI=1S/C12H15BrO3/c13-11-5-9(6-14)1-2-12(11)16-8-10-3-4-15-7-10/h1-2,5,10,14H,3-4,6-8H2. The molecule has 1 N–H and O–H groups in total. The van der Waals surface area contributed by atoms with Crippen LogP contribution < -0.4 is 4.74 Å². The third kappa shape index (κ3) is 2.97. The van der Waals surface area contributed by atoms with Crippen molar-refractivity contribution in [3.8, 4) is 5.75 Å². The van der Waals surface area contributed by atoms with Gasteiger partial charge in [-0.15, -0.1) is 0 Å². The summed E-state index contributed by atoms with van der Waals surface area (Å²) in [7, 11) is 0. The average Bonchev–Trinajstić information content (AvgIpc) is 2.80. The van der Waals surface area contributed by atoms with E-state index in [1.165, 1.54) is 0 Å². The predicted molar refractivity (Wildman–Crippen MR) is 64.5 cm³/mol. The van der Waals surface area contributed by atoms with E-state index in [-0.39, 0.29) is 6.61 Å². The van der Waals surface area contributed by atoms with Gasteiger partial charge < -0.3 is 14.6 Å². The number of aliphatic hydroxyl groups is 1. The first-order valence-corrected chi connectivity index (χ1v) is 6.18. The van der Waals surface area contributed by atoms with E-state index >= 15 is 0 Å². The number of hydrogen-bond donors (Lipinski definition) is 1. The first kappa shape index (κ1) is 11.9. The molecule has 0 radical (unpaired) electrons. The third-order valence-electron chi connectivity index (χ3n) is 2.68. The molecule has 16 heavy (non-hydrogen) atoms. The van der Waals surface area contributed by atoms with Crippen LogP contribution in [0.4, 0.5) is 0 Å². The number of ether oxygens (including phenoxy) is 2. The molecule has 0 spiro atoms. The normalized spacial score (nSPS) is 20.0. The molecule has 0 aromatic heterocycles. The zero-order valence-corrected chi connectivity index (χ0v) is 10.6. The van der Waals surface area contributed by atoms with Crippen LogP contribution in [0.3, 0.4) is 0 Å². The maximum Gasteiger partial charge on any atom is 0.133 e. The molecule has 88 valence electrons. The van der Waals surface area contributed by atoms with Gasteiger partial charge in [0.05, 0.1) is 24.3 Å². The van der Waals surface area contributed by atoms with Crippen molar-refractivity contribution in [2.24, 2.45) is 5.92 Å². The molecule has 1 aliphatic heterocycles. The van der Waals surface area contributed by atoms with Gasteiger partial charge in [-0.25, -0.2) is 0 Å². The zero-order valence-electron chi connectivity index (χ0n) is 8.99. The predicted octanol–water partition coefficient (Wildman–Crippen LogP) is 2.36. The minimum absolute atomic E-state index is 0.0509. The van der Waals surface area contributed by atoms with Gasteiger partial charge in [-0.05, 0) is 40.0 Å². The summed E-state index contributed by atoms with van der Waals surface area (Å²) >= 11 is 3.43. The van der Waals surface area contributed by atoms with Gasteiger partial charge >= 0.3 is 0 Å². The second-order valence-electron chi connectivity index (χ2n) is 3.96. The third-order valence-corrected chi connectivity index (χ3v) is 3.30. The van der Waals surface area contributed by atoms with Crippen LogP contribution in [-0.2, 0) is 11.3 Å². The van der Waals surface area contributed by atoms with E-state index < -0.39 is 0 Å². The van der Waals surface area contributed by atoms with Gasteiger partial charge in [-0.1, -0.05) is 6.07 Å². The van der Waals surface area contributed by atoms with Crippen molar-refractivity contribution in [3.05, 3.63) is 28.2 Å². The first-order valence-electron chi connectivity index (χ1n) is 5.39. The van der Waals surface area contributed by atoms with Crippen LogP contribution in [0.1, 0.15) is 12.0 Å². The Balaban J connectivity index is 1.93. The van der Waals surface area contributed by atoms with E-state index in [2.05, 4.69) is 15.9 Å². The van der Waals surface area contributed by atoms with Crippen LogP contribution in [0.5, 0.6) is 5.75 Å². The number of benzene rings is 1. The summed E-state index contributed by atoms with van der Waals surface area (Å²) in [6.45, 7) is 2.39. The Kier molecular flexibility index (Phi) is 4.21. The molecule has 1 aromatic carbocycles. The Bertz CT molecular complexity index is 348. The van der Waals surface area contributed by atoms with E-state index in [1.54, 1.807) is 0 Å². The van der Waals surface area contributed by atoms with E-state index in [4.69, 9.17) is 14.6 Å². The molecule has 1 aromatic rings. The molecule has 2 rings (SSSR count). The quantitative estimate of drug-likeness (QED) is 0.924. The molecule has 1 heterocycles. The fourth-order valence-electron chi connectivity index (χ4n) is 1.68. The molecule has 1 unspecified atom stereocenters. The Morgan fingerprint density at radius 3 is 3.00 bits per heavy atom. The summed E-state index contributed by atoms with van der Waals surface area (Å²) in [6.07, 6.45) is 1.08. The Labute approximate surface area is 104 Å².